The van der Waals surface area contributed by atoms with Gasteiger partial charge in [0.15, 0.2) is 0 Å². The topological polar surface area (TPSA) is 79.8 Å². The molecule has 6 nitrogen and oxygen atoms in total. The lowest BCUT2D eigenvalue weighted by Crippen LogP contribution is -2.32. The molecule has 0 heterocycles. The molecule has 2 rings (SSSR count). The highest BCUT2D eigenvalue weighted by Gasteiger charge is 2.12. The van der Waals surface area contributed by atoms with Crippen LogP contribution >= 0.6 is 0 Å². The third-order valence-electron chi connectivity index (χ3n) is 3.73. The van der Waals surface area contributed by atoms with Crippen molar-refractivity contribution < 1.29 is 14.3 Å². The van der Waals surface area contributed by atoms with Gasteiger partial charge in [0.25, 0.3) is 0 Å². The molecule has 2 amide bonds. The van der Waals surface area contributed by atoms with Crippen molar-refractivity contribution in [2.45, 2.75) is 26.2 Å². The summed E-state index contributed by atoms with van der Waals surface area (Å²) in [5, 5.41) is 6.33. The van der Waals surface area contributed by atoms with Crippen LogP contribution in [0.5, 0.6) is 5.75 Å². The molecule has 0 aliphatic rings. The number of nitrogens with one attached hydrogen (secondary N) is 2. The average Bonchev–Trinajstić information content (AvgIpc) is 2.67. The summed E-state index contributed by atoms with van der Waals surface area (Å²) in [5.74, 6) is -0.866. The number of benzene rings is 2. The zero-order valence-electron chi connectivity index (χ0n) is 15.0. The number of ether oxygens (including phenoxy) is 1. The minimum absolute atomic E-state index is 0.574. The van der Waals surface area contributed by atoms with Gasteiger partial charge in [0.05, 0.1) is 13.3 Å². The van der Waals surface area contributed by atoms with Crippen LogP contribution in [0.3, 0.4) is 0 Å². The van der Waals surface area contributed by atoms with E-state index in [2.05, 4.69) is 22.8 Å². The Morgan fingerprint density at radius 2 is 1.73 bits per heavy atom. The first-order valence-electron chi connectivity index (χ1n) is 8.49. The number of nitrogens with zero attached hydrogens (tertiary/aromatic N) is 1. The second-order valence-electron chi connectivity index (χ2n) is 5.73. The smallest absolute Gasteiger partial charge is 0.329 e. The molecule has 136 valence electrons. The molecule has 2 N–H and O–H groups in total. The van der Waals surface area contributed by atoms with Crippen LogP contribution in [-0.2, 0) is 16.0 Å². The standard InChI is InChI=1S/C20H23N3O3/c1-3-4-5-15-6-10-17(11-7-15)22-19(24)20(25)23-21-14-16-8-12-18(26-2)13-9-16/h6-14H,3-5H2,1-2H3,(H,22,24)(H,23,25)/b21-14-. The number of carbonyl (C=O) groups is 2. The first kappa shape index (κ1) is 19.2. The largest absolute Gasteiger partial charge is 0.497 e. The minimum atomic E-state index is -0.829. The normalized spacial score (nSPS) is 10.5. The Morgan fingerprint density at radius 1 is 1.04 bits per heavy atom. The molecule has 0 bridgehead atoms. The summed E-state index contributed by atoms with van der Waals surface area (Å²) in [6.07, 6.45) is 4.72. The summed E-state index contributed by atoms with van der Waals surface area (Å²) in [7, 11) is 1.58. The van der Waals surface area contributed by atoms with Crippen molar-refractivity contribution in [2.75, 3.05) is 12.4 Å². The zero-order valence-corrected chi connectivity index (χ0v) is 15.0. The van der Waals surface area contributed by atoms with Gasteiger partial charge in [0.1, 0.15) is 5.75 Å². The van der Waals surface area contributed by atoms with Gasteiger partial charge in [-0.1, -0.05) is 25.5 Å². The van der Waals surface area contributed by atoms with E-state index in [0.717, 1.165) is 30.6 Å². The third-order valence-corrected chi connectivity index (χ3v) is 3.73. The predicted octanol–water partition coefficient (Wildman–Crippen LogP) is 3.13. The molecule has 2 aromatic carbocycles. The number of hydrazone groups is 1. The summed E-state index contributed by atoms with van der Waals surface area (Å²) in [4.78, 5) is 23.7. The monoisotopic (exact) mass is 353 g/mol. The molecule has 0 saturated carbocycles. The van der Waals surface area contributed by atoms with Crippen LogP contribution in [0, 0.1) is 0 Å². The van der Waals surface area contributed by atoms with Gasteiger partial charge >= 0.3 is 11.8 Å². The van der Waals surface area contributed by atoms with E-state index in [1.54, 1.807) is 43.5 Å². The van der Waals surface area contributed by atoms with Crippen molar-refractivity contribution in [1.29, 1.82) is 0 Å². The number of methoxy groups -OCH3 is 1. The number of unbranched alkanes of at least 4 members (excludes halogenated alkanes) is 1. The SMILES string of the molecule is CCCCc1ccc(NC(=O)C(=O)N/N=C\c2ccc(OC)cc2)cc1. The van der Waals surface area contributed by atoms with Gasteiger partial charge in [-0.15, -0.1) is 0 Å². The highest BCUT2D eigenvalue weighted by Crippen LogP contribution is 2.12. The molecule has 26 heavy (non-hydrogen) atoms. The van der Waals surface area contributed by atoms with Crippen molar-refractivity contribution in [1.82, 2.24) is 5.43 Å². The van der Waals surface area contributed by atoms with Crippen molar-refractivity contribution in [3.05, 3.63) is 59.7 Å². The molecule has 0 spiro atoms. The second kappa shape index (κ2) is 9.98. The summed E-state index contributed by atoms with van der Waals surface area (Å²) in [5.41, 5.74) is 4.76. The Bertz CT molecular complexity index is 753. The number of anilines is 1. The highest BCUT2D eigenvalue weighted by atomic mass is 16.5. The van der Waals surface area contributed by atoms with E-state index in [4.69, 9.17) is 4.74 Å². The Labute approximate surface area is 153 Å². The van der Waals surface area contributed by atoms with Gasteiger partial charge in [-0.2, -0.15) is 5.10 Å². The van der Waals surface area contributed by atoms with Crippen LogP contribution < -0.4 is 15.5 Å². The number of carbonyl (C=O) groups excluding carboxylic acids is 2. The Hall–Kier alpha value is -3.15. The first-order valence-corrected chi connectivity index (χ1v) is 8.49. The van der Waals surface area contributed by atoms with Crippen LogP contribution in [0.1, 0.15) is 30.9 Å². The maximum Gasteiger partial charge on any atom is 0.329 e. The molecule has 0 aliphatic carbocycles. The van der Waals surface area contributed by atoms with Crippen LogP contribution in [-0.4, -0.2) is 25.1 Å². The summed E-state index contributed by atoms with van der Waals surface area (Å²) in [6, 6.07) is 14.6. The Balaban J connectivity index is 1.82. The third kappa shape index (κ3) is 6.05. The fourth-order valence-electron chi connectivity index (χ4n) is 2.23. The Morgan fingerprint density at radius 3 is 2.35 bits per heavy atom. The maximum atomic E-state index is 11.9. The van der Waals surface area contributed by atoms with Gasteiger partial charge in [-0.25, -0.2) is 5.43 Å². The molecule has 2 aromatic rings. The lowest BCUT2D eigenvalue weighted by atomic mass is 10.1. The van der Waals surface area contributed by atoms with Crippen molar-refractivity contribution in [2.24, 2.45) is 5.10 Å². The van der Waals surface area contributed by atoms with Gasteiger partial charge in [0, 0.05) is 5.69 Å². The highest BCUT2D eigenvalue weighted by molar-refractivity contribution is 6.39. The predicted molar refractivity (Wildman–Crippen MR) is 102 cm³/mol. The molecule has 0 aromatic heterocycles. The summed E-state index contributed by atoms with van der Waals surface area (Å²) in [6.45, 7) is 2.14. The van der Waals surface area contributed by atoms with Crippen molar-refractivity contribution in [3.8, 4) is 5.75 Å². The van der Waals surface area contributed by atoms with Crippen LogP contribution in [0.15, 0.2) is 53.6 Å². The molecule has 0 radical (unpaired) electrons. The molecule has 0 aliphatic heterocycles. The van der Waals surface area contributed by atoms with Crippen molar-refractivity contribution >= 4 is 23.7 Å². The fourth-order valence-corrected chi connectivity index (χ4v) is 2.23. The van der Waals surface area contributed by atoms with E-state index in [-0.39, 0.29) is 0 Å². The number of rotatable bonds is 7. The Kier molecular flexibility index (Phi) is 7.36. The number of aryl methyl sites for hydroxylation is 1. The quantitative estimate of drug-likeness (QED) is 0.456. The van der Waals surface area contributed by atoms with E-state index in [0.29, 0.717) is 5.69 Å². The summed E-state index contributed by atoms with van der Waals surface area (Å²) >= 11 is 0. The maximum absolute atomic E-state index is 11.9. The van der Waals surface area contributed by atoms with Gasteiger partial charge in [0.2, 0.25) is 0 Å². The van der Waals surface area contributed by atoms with E-state index in [9.17, 15) is 9.59 Å². The molecule has 0 atom stereocenters. The van der Waals surface area contributed by atoms with E-state index >= 15 is 0 Å². The molecule has 0 fully saturated rings. The van der Waals surface area contributed by atoms with E-state index < -0.39 is 11.8 Å². The van der Waals surface area contributed by atoms with E-state index in [1.165, 1.54) is 11.8 Å². The van der Waals surface area contributed by atoms with Crippen molar-refractivity contribution in [3.63, 3.8) is 0 Å². The van der Waals surface area contributed by atoms with Gasteiger partial charge < -0.3 is 10.1 Å². The number of hydrogen-bond acceptors (Lipinski definition) is 4. The fraction of sp³-hybridized carbons (Fsp3) is 0.250. The molecule has 0 saturated heterocycles. The molecular formula is C20H23N3O3. The lowest BCUT2D eigenvalue weighted by molar-refractivity contribution is -0.136. The van der Waals surface area contributed by atoms with E-state index in [1.807, 2.05) is 12.1 Å². The average molecular weight is 353 g/mol. The number of hydrogen-bond donors (Lipinski definition) is 2. The van der Waals surface area contributed by atoms with Gasteiger partial charge in [-0.05, 0) is 60.4 Å². The lowest BCUT2D eigenvalue weighted by Gasteiger charge is -2.05. The molecule has 0 unspecified atom stereocenters. The number of amides is 2. The zero-order chi connectivity index (χ0) is 18.8. The second-order valence-corrected chi connectivity index (χ2v) is 5.73. The molecule has 6 heteroatoms. The van der Waals surface area contributed by atoms with Crippen LogP contribution in [0.4, 0.5) is 5.69 Å². The minimum Gasteiger partial charge on any atom is -0.497 e. The first-order chi connectivity index (χ1) is 12.6. The summed E-state index contributed by atoms with van der Waals surface area (Å²) < 4.78 is 5.06. The van der Waals surface area contributed by atoms with Crippen LogP contribution in [0.2, 0.25) is 0 Å². The van der Waals surface area contributed by atoms with Crippen LogP contribution in [0.25, 0.3) is 0 Å². The van der Waals surface area contributed by atoms with Gasteiger partial charge in [-0.3, -0.25) is 9.59 Å². The molecular weight excluding hydrogens is 330 g/mol.